The molecule has 1 aromatic heterocycles. The summed E-state index contributed by atoms with van der Waals surface area (Å²) in [5, 5.41) is 18.4. The Balaban J connectivity index is 2.05. The maximum atomic E-state index is 12.2. The first kappa shape index (κ1) is 13.5. The molecular weight excluding hydrogens is 250 g/mol. The number of carboxylic acids is 1. The zero-order valence-electron chi connectivity index (χ0n) is 10.7. The number of carboxylic acid groups (broad SMARTS) is 1. The van der Waals surface area contributed by atoms with E-state index in [1.807, 2.05) is 0 Å². The highest BCUT2D eigenvalue weighted by atomic mass is 16.4. The van der Waals surface area contributed by atoms with E-state index < -0.39 is 5.97 Å². The van der Waals surface area contributed by atoms with Crippen LogP contribution in [0.5, 0.6) is 0 Å². The third-order valence-corrected chi connectivity index (χ3v) is 3.56. The number of carbonyl (C=O) groups is 2. The number of aromatic amines is 1. The first-order valence-electron chi connectivity index (χ1n) is 6.24. The summed E-state index contributed by atoms with van der Waals surface area (Å²) in [6, 6.07) is 0. The monoisotopic (exact) mass is 267 g/mol. The molecule has 7 nitrogen and oxygen atoms in total. The van der Waals surface area contributed by atoms with Crippen molar-refractivity contribution in [3.05, 3.63) is 17.7 Å². The van der Waals surface area contributed by atoms with Crippen molar-refractivity contribution in [2.75, 3.05) is 13.1 Å². The highest BCUT2D eigenvalue weighted by molar-refractivity contribution is 6.02. The highest BCUT2D eigenvalue weighted by Crippen LogP contribution is 2.22. The fourth-order valence-electron chi connectivity index (χ4n) is 2.35. The molecule has 0 aliphatic carbocycles. The van der Waals surface area contributed by atoms with Gasteiger partial charge in [-0.3, -0.25) is 4.79 Å². The van der Waals surface area contributed by atoms with Crippen LogP contribution in [0.25, 0.3) is 0 Å². The number of imidazole rings is 1. The first-order valence-corrected chi connectivity index (χ1v) is 6.24. The number of carbonyl (C=O) groups excluding carboxylic acids is 1. The average Bonchev–Trinajstić information content (AvgIpc) is 2.87. The predicted molar refractivity (Wildman–Crippen MR) is 65.9 cm³/mol. The molecule has 1 aliphatic heterocycles. The normalized spacial score (nSPS) is 18.3. The number of rotatable bonds is 3. The van der Waals surface area contributed by atoms with E-state index in [-0.39, 0.29) is 29.3 Å². The lowest BCUT2D eigenvalue weighted by atomic mass is 9.92. The lowest BCUT2D eigenvalue weighted by Gasteiger charge is -2.32. The van der Waals surface area contributed by atoms with Crippen LogP contribution >= 0.6 is 0 Å². The Morgan fingerprint density at radius 1 is 1.47 bits per heavy atom. The van der Waals surface area contributed by atoms with Crippen LogP contribution in [0.4, 0.5) is 0 Å². The van der Waals surface area contributed by atoms with E-state index in [2.05, 4.69) is 9.97 Å². The quantitative estimate of drug-likeness (QED) is 0.732. The fraction of sp³-hybridized carbons (Fsp3) is 0.583. The number of likely N-dealkylation sites (tertiary alicyclic amines) is 1. The van der Waals surface area contributed by atoms with Gasteiger partial charge in [-0.05, 0) is 25.7 Å². The third kappa shape index (κ3) is 2.76. The molecule has 2 heterocycles. The van der Waals surface area contributed by atoms with E-state index in [4.69, 9.17) is 5.11 Å². The molecule has 2 rings (SSSR count). The third-order valence-electron chi connectivity index (χ3n) is 3.56. The maximum absolute atomic E-state index is 12.2. The Labute approximate surface area is 110 Å². The van der Waals surface area contributed by atoms with E-state index in [9.17, 15) is 14.7 Å². The van der Waals surface area contributed by atoms with Gasteiger partial charge in [-0.2, -0.15) is 0 Å². The number of piperidine rings is 1. The van der Waals surface area contributed by atoms with Crippen LogP contribution in [0.1, 0.15) is 40.7 Å². The minimum absolute atomic E-state index is 0.0528. The Morgan fingerprint density at radius 2 is 2.11 bits per heavy atom. The Kier molecular flexibility index (Phi) is 3.84. The zero-order chi connectivity index (χ0) is 14.0. The minimum Gasteiger partial charge on any atom is -0.477 e. The molecular formula is C12H17N3O4. The van der Waals surface area contributed by atoms with Gasteiger partial charge < -0.3 is 20.1 Å². The molecule has 1 atom stereocenters. The summed E-state index contributed by atoms with van der Waals surface area (Å²) >= 11 is 0. The molecule has 19 heavy (non-hydrogen) atoms. The average molecular weight is 267 g/mol. The topological polar surface area (TPSA) is 107 Å². The number of aromatic nitrogens is 2. The van der Waals surface area contributed by atoms with E-state index in [0.717, 1.165) is 12.8 Å². The van der Waals surface area contributed by atoms with E-state index in [0.29, 0.717) is 13.1 Å². The molecule has 0 radical (unpaired) electrons. The number of hydrogen-bond donors (Lipinski definition) is 3. The smallest absolute Gasteiger partial charge is 0.354 e. The number of aliphatic hydroxyl groups excluding tert-OH is 1. The van der Waals surface area contributed by atoms with Gasteiger partial charge in [0, 0.05) is 13.1 Å². The van der Waals surface area contributed by atoms with Crippen LogP contribution in [0, 0.1) is 5.92 Å². The van der Waals surface area contributed by atoms with Gasteiger partial charge in [0.25, 0.3) is 5.91 Å². The Morgan fingerprint density at radius 3 is 2.63 bits per heavy atom. The fourth-order valence-corrected chi connectivity index (χ4v) is 2.35. The van der Waals surface area contributed by atoms with Gasteiger partial charge >= 0.3 is 5.97 Å². The van der Waals surface area contributed by atoms with Gasteiger partial charge in [0.2, 0.25) is 0 Å². The summed E-state index contributed by atoms with van der Waals surface area (Å²) in [6.45, 7) is 2.78. The molecule has 0 spiro atoms. The molecule has 1 fully saturated rings. The Bertz CT molecular complexity index is 475. The van der Waals surface area contributed by atoms with Crippen molar-refractivity contribution in [1.82, 2.24) is 14.9 Å². The van der Waals surface area contributed by atoms with Crippen LogP contribution < -0.4 is 0 Å². The SMILES string of the molecule is CC(O)C1CCN(C(=O)c2nc[nH]c2C(=O)O)CC1. The zero-order valence-corrected chi connectivity index (χ0v) is 10.7. The minimum atomic E-state index is -1.19. The second kappa shape index (κ2) is 5.40. The van der Waals surface area contributed by atoms with Crippen LogP contribution in [0.15, 0.2) is 6.33 Å². The first-order chi connectivity index (χ1) is 9.00. The summed E-state index contributed by atoms with van der Waals surface area (Å²) in [7, 11) is 0. The van der Waals surface area contributed by atoms with Gasteiger partial charge in [0.1, 0.15) is 0 Å². The van der Waals surface area contributed by atoms with Crippen molar-refractivity contribution in [3.8, 4) is 0 Å². The molecule has 7 heteroatoms. The summed E-state index contributed by atoms with van der Waals surface area (Å²) in [5.41, 5.74) is -0.231. The van der Waals surface area contributed by atoms with Crippen LogP contribution in [0.2, 0.25) is 0 Å². The van der Waals surface area contributed by atoms with Crippen molar-refractivity contribution in [1.29, 1.82) is 0 Å². The van der Waals surface area contributed by atoms with E-state index in [1.54, 1.807) is 11.8 Å². The summed E-state index contributed by atoms with van der Waals surface area (Å²) < 4.78 is 0. The van der Waals surface area contributed by atoms with Crippen LogP contribution in [-0.4, -0.2) is 56.2 Å². The van der Waals surface area contributed by atoms with Gasteiger partial charge in [0.05, 0.1) is 12.4 Å². The number of aliphatic hydroxyl groups is 1. The number of hydrogen-bond acceptors (Lipinski definition) is 4. The second-order valence-corrected chi connectivity index (χ2v) is 4.80. The molecule has 0 saturated carbocycles. The Hall–Kier alpha value is -1.89. The van der Waals surface area contributed by atoms with Crippen LogP contribution in [-0.2, 0) is 0 Å². The number of amides is 1. The lowest BCUT2D eigenvalue weighted by Crippen LogP contribution is -2.41. The summed E-state index contributed by atoms with van der Waals surface area (Å²) in [6.07, 6.45) is 2.27. The molecule has 1 aromatic rings. The molecule has 1 aliphatic rings. The summed E-state index contributed by atoms with van der Waals surface area (Å²) in [5.74, 6) is -1.37. The van der Waals surface area contributed by atoms with E-state index in [1.165, 1.54) is 6.33 Å². The van der Waals surface area contributed by atoms with Crippen molar-refractivity contribution in [2.24, 2.45) is 5.92 Å². The van der Waals surface area contributed by atoms with Gasteiger partial charge in [-0.1, -0.05) is 0 Å². The number of H-pyrrole nitrogens is 1. The van der Waals surface area contributed by atoms with Crippen LogP contribution in [0.3, 0.4) is 0 Å². The van der Waals surface area contributed by atoms with Crippen molar-refractivity contribution in [3.63, 3.8) is 0 Å². The van der Waals surface area contributed by atoms with Gasteiger partial charge in [0.15, 0.2) is 11.4 Å². The standard InChI is InChI=1S/C12H17N3O4/c1-7(16)8-2-4-15(5-3-8)11(17)9-10(12(18)19)14-6-13-9/h6-8,16H,2-5H2,1H3,(H,13,14)(H,18,19). The lowest BCUT2D eigenvalue weighted by molar-refractivity contribution is 0.0511. The molecule has 104 valence electrons. The predicted octanol–water partition coefficient (Wildman–Crippen LogP) is 0.341. The maximum Gasteiger partial charge on any atom is 0.354 e. The molecule has 1 unspecified atom stereocenters. The number of aromatic carboxylic acids is 1. The molecule has 3 N–H and O–H groups in total. The highest BCUT2D eigenvalue weighted by Gasteiger charge is 2.29. The molecule has 1 amide bonds. The van der Waals surface area contributed by atoms with Gasteiger partial charge in [-0.25, -0.2) is 9.78 Å². The largest absolute Gasteiger partial charge is 0.477 e. The van der Waals surface area contributed by atoms with Crippen molar-refractivity contribution in [2.45, 2.75) is 25.9 Å². The van der Waals surface area contributed by atoms with Gasteiger partial charge in [-0.15, -0.1) is 0 Å². The molecule has 0 bridgehead atoms. The van der Waals surface area contributed by atoms with Crippen molar-refractivity contribution >= 4 is 11.9 Å². The molecule has 0 aromatic carbocycles. The summed E-state index contributed by atoms with van der Waals surface area (Å²) in [4.78, 5) is 30.9. The number of nitrogens with one attached hydrogen (secondary N) is 1. The number of nitrogens with zero attached hydrogens (tertiary/aromatic N) is 2. The van der Waals surface area contributed by atoms with E-state index >= 15 is 0 Å². The second-order valence-electron chi connectivity index (χ2n) is 4.80. The molecule has 1 saturated heterocycles. The van der Waals surface area contributed by atoms with Crippen molar-refractivity contribution < 1.29 is 19.8 Å².